The predicted molar refractivity (Wildman–Crippen MR) is 140 cm³/mol. The van der Waals surface area contributed by atoms with E-state index in [1.54, 1.807) is 30.3 Å². The molecule has 8 heteroatoms. The summed E-state index contributed by atoms with van der Waals surface area (Å²) >= 11 is 0. The zero-order chi connectivity index (χ0) is 25.9. The van der Waals surface area contributed by atoms with Crippen LogP contribution >= 0.6 is 0 Å². The first-order valence-corrected chi connectivity index (χ1v) is 13.6. The Morgan fingerprint density at radius 2 is 1.78 bits per heavy atom. The minimum Gasteiger partial charge on any atom is -0.466 e. The molecule has 36 heavy (non-hydrogen) atoms. The summed E-state index contributed by atoms with van der Waals surface area (Å²) in [6.07, 6.45) is 6.10. The van der Waals surface area contributed by atoms with E-state index in [4.69, 9.17) is 0 Å². The summed E-state index contributed by atoms with van der Waals surface area (Å²) in [6.45, 7) is 7.48. The van der Waals surface area contributed by atoms with Gasteiger partial charge >= 0.3 is 5.97 Å². The van der Waals surface area contributed by atoms with Crippen LogP contribution in [0.5, 0.6) is 0 Å². The van der Waals surface area contributed by atoms with Crippen molar-refractivity contribution in [2.24, 2.45) is 0 Å². The lowest BCUT2D eigenvalue weighted by atomic mass is 10.0. The van der Waals surface area contributed by atoms with Crippen molar-refractivity contribution in [2.45, 2.75) is 51.0 Å². The largest absolute Gasteiger partial charge is 0.466 e. The van der Waals surface area contributed by atoms with Crippen molar-refractivity contribution >= 4 is 22.1 Å². The topological polar surface area (TPSA) is 81.5 Å². The molecule has 0 unspecified atom stereocenters. The fourth-order valence-corrected chi connectivity index (χ4v) is 6.22. The minimum atomic E-state index is -3.74. The van der Waals surface area contributed by atoms with E-state index in [2.05, 4.69) is 26.9 Å². The molecule has 0 bridgehead atoms. The summed E-state index contributed by atoms with van der Waals surface area (Å²) in [4.78, 5) is 14.0. The van der Waals surface area contributed by atoms with Crippen molar-refractivity contribution < 1.29 is 17.9 Å². The van der Waals surface area contributed by atoms with Crippen molar-refractivity contribution in [1.82, 2.24) is 14.1 Å². The number of ether oxygens (including phenoxy) is 1. The van der Waals surface area contributed by atoms with Gasteiger partial charge in [-0.05, 0) is 81.5 Å². The molecule has 1 aliphatic heterocycles. The molecule has 0 amide bonds. The highest BCUT2D eigenvalue weighted by atomic mass is 32.2. The number of hydrogen-bond acceptors (Lipinski definition) is 6. The molecule has 1 atom stereocenters. The summed E-state index contributed by atoms with van der Waals surface area (Å²) in [5.74, 6) is -0.374. The van der Waals surface area contributed by atoms with E-state index < -0.39 is 10.0 Å². The Hall–Kier alpha value is -3.23. The maximum absolute atomic E-state index is 13.2. The maximum Gasteiger partial charge on any atom is 0.330 e. The van der Waals surface area contributed by atoms with Crippen molar-refractivity contribution in [3.8, 4) is 0 Å². The first-order valence-electron chi connectivity index (χ1n) is 12.2. The molecule has 3 aromatic rings. The number of carbonyl (C=O) groups is 1. The van der Waals surface area contributed by atoms with Crippen LogP contribution in [-0.4, -0.2) is 48.7 Å². The number of likely N-dealkylation sites (tertiary alicyclic amines) is 1. The molecule has 2 aromatic carbocycles. The molecule has 0 spiro atoms. The smallest absolute Gasteiger partial charge is 0.330 e. The second kappa shape index (κ2) is 10.8. The van der Waals surface area contributed by atoms with E-state index in [9.17, 15) is 13.2 Å². The number of rotatable bonds is 8. The van der Waals surface area contributed by atoms with Crippen LogP contribution in [0, 0.1) is 20.8 Å². The van der Waals surface area contributed by atoms with Gasteiger partial charge in [-0.3, -0.25) is 4.90 Å². The Morgan fingerprint density at radius 1 is 1.08 bits per heavy atom. The third kappa shape index (κ3) is 5.44. The van der Waals surface area contributed by atoms with Gasteiger partial charge in [0.25, 0.3) is 10.0 Å². The van der Waals surface area contributed by atoms with E-state index >= 15 is 0 Å². The third-order valence-corrected chi connectivity index (χ3v) is 8.57. The summed E-state index contributed by atoms with van der Waals surface area (Å²) < 4.78 is 32.3. The normalized spacial score (nSPS) is 16.6. The molecule has 1 fully saturated rings. The Balaban J connectivity index is 1.47. The van der Waals surface area contributed by atoms with Gasteiger partial charge in [0.15, 0.2) is 0 Å². The van der Waals surface area contributed by atoms with Crippen LogP contribution in [0.15, 0.2) is 59.5 Å². The number of methoxy groups -OCH3 is 1. The molecular weight excluding hydrogens is 474 g/mol. The molecule has 4 rings (SSSR count). The Kier molecular flexibility index (Phi) is 7.76. The fourth-order valence-electron chi connectivity index (χ4n) is 4.84. The number of aromatic nitrogens is 2. The zero-order valence-corrected chi connectivity index (χ0v) is 22.1. The van der Waals surface area contributed by atoms with Crippen molar-refractivity contribution in [3.63, 3.8) is 0 Å². The van der Waals surface area contributed by atoms with Crippen LogP contribution < -0.4 is 0 Å². The molecule has 1 aliphatic rings. The van der Waals surface area contributed by atoms with E-state index in [1.807, 2.05) is 32.9 Å². The Bertz CT molecular complexity index is 1360. The number of benzene rings is 2. The van der Waals surface area contributed by atoms with Gasteiger partial charge in [0.05, 0.1) is 23.4 Å². The fraction of sp³-hybridized carbons (Fsp3) is 0.357. The highest BCUT2D eigenvalue weighted by molar-refractivity contribution is 7.89. The molecule has 190 valence electrons. The number of carbonyl (C=O) groups excluding carboxylic acids is 1. The van der Waals surface area contributed by atoms with E-state index in [0.29, 0.717) is 11.7 Å². The van der Waals surface area contributed by atoms with Gasteiger partial charge in [0, 0.05) is 18.7 Å². The highest BCUT2D eigenvalue weighted by Gasteiger charge is 2.28. The van der Waals surface area contributed by atoms with Crippen LogP contribution in [0.3, 0.4) is 0 Å². The molecule has 0 radical (unpaired) electrons. The lowest BCUT2D eigenvalue weighted by Gasteiger charge is -2.25. The van der Waals surface area contributed by atoms with Crippen molar-refractivity contribution in [2.75, 3.05) is 20.2 Å². The predicted octanol–water partition coefficient (Wildman–Crippen LogP) is 4.61. The van der Waals surface area contributed by atoms with Gasteiger partial charge in [0.2, 0.25) is 0 Å². The molecule has 0 saturated carbocycles. The molecule has 0 N–H and O–H groups in total. The maximum atomic E-state index is 13.2. The van der Waals surface area contributed by atoms with Crippen LogP contribution in [0.25, 0.3) is 6.08 Å². The summed E-state index contributed by atoms with van der Waals surface area (Å²) in [6, 6.07) is 15.4. The van der Waals surface area contributed by atoms with Gasteiger partial charge in [-0.1, -0.05) is 42.0 Å². The summed E-state index contributed by atoms with van der Waals surface area (Å²) in [5.41, 5.74) is 5.61. The van der Waals surface area contributed by atoms with Crippen molar-refractivity contribution in [3.05, 3.63) is 88.2 Å². The SMILES string of the molecule is COC(=O)/C=C/c1ccc([C@@H]2CCCN2CCc2c(C)nn(S(=O)(=O)c3ccc(C)cc3)c2C)cc1. The second-order valence-electron chi connectivity index (χ2n) is 9.28. The molecule has 1 saturated heterocycles. The number of hydrogen-bond donors (Lipinski definition) is 0. The third-order valence-electron chi connectivity index (χ3n) is 6.89. The Labute approximate surface area is 213 Å². The van der Waals surface area contributed by atoms with Gasteiger partial charge in [-0.25, -0.2) is 4.79 Å². The molecular formula is C28H33N3O4S. The minimum absolute atomic E-state index is 0.245. The molecule has 0 aliphatic carbocycles. The van der Waals surface area contributed by atoms with E-state index in [0.717, 1.165) is 54.7 Å². The number of nitrogens with zero attached hydrogens (tertiary/aromatic N) is 3. The van der Waals surface area contributed by atoms with Crippen LogP contribution in [0.4, 0.5) is 0 Å². The lowest BCUT2D eigenvalue weighted by Crippen LogP contribution is -2.26. The summed E-state index contributed by atoms with van der Waals surface area (Å²) in [7, 11) is -2.38. The quantitative estimate of drug-likeness (QED) is 0.327. The monoisotopic (exact) mass is 507 g/mol. The summed E-state index contributed by atoms with van der Waals surface area (Å²) in [5, 5.41) is 4.42. The van der Waals surface area contributed by atoms with E-state index in [-0.39, 0.29) is 10.9 Å². The average Bonchev–Trinajstić information content (AvgIpc) is 3.45. The average molecular weight is 508 g/mol. The van der Waals surface area contributed by atoms with Gasteiger partial charge in [-0.2, -0.15) is 17.6 Å². The highest BCUT2D eigenvalue weighted by Crippen LogP contribution is 2.32. The molecule has 1 aromatic heterocycles. The molecule has 7 nitrogen and oxygen atoms in total. The van der Waals surface area contributed by atoms with Crippen LogP contribution in [0.2, 0.25) is 0 Å². The number of esters is 1. The van der Waals surface area contributed by atoms with Gasteiger partial charge in [0.1, 0.15) is 0 Å². The number of aryl methyl sites for hydroxylation is 2. The van der Waals surface area contributed by atoms with Crippen LogP contribution in [-0.2, 0) is 26.0 Å². The van der Waals surface area contributed by atoms with Gasteiger partial charge < -0.3 is 4.74 Å². The Morgan fingerprint density at radius 3 is 2.44 bits per heavy atom. The van der Waals surface area contributed by atoms with Crippen LogP contribution in [0.1, 0.15) is 52.5 Å². The standard InChI is InChI=1S/C28H33N3O4S/c1-20-7-14-25(15-8-20)36(33,34)31-22(3)26(21(2)29-31)17-19-30-18-5-6-27(30)24-12-9-23(10-13-24)11-16-28(32)35-4/h7-16,27H,5-6,17-19H2,1-4H3/b16-11+/t27-/m0/s1. The second-order valence-corrected chi connectivity index (χ2v) is 11.0. The lowest BCUT2D eigenvalue weighted by molar-refractivity contribution is -0.134. The van der Waals surface area contributed by atoms with Gasteiger partial charge in [-0.15, -0.1) is 0 Å². The van der Waals surface area contributed by atoms with E-state index in [1.165, 1.54) is 22.8 Å². The first-order chi connectivity index (χ1) is 17.2. The zero-order valence-electron chi connectivity index (χ0n) is 21.3. The molecule has 2 heterocycles. The van der Waals surface area contributed by atoms with Crippen molar-refractivity contribution in [1.29, 1.82) is 0 Å². The first kappa shape index (κ1) is 25.9.